The second kappa shape index (κ2) is 7.28. The number of anilines is 1. The Balaban J connectivity index is 2.03. The van der Waals surface area contributed by atoms with Gasteiger partial charge in [-0.15, -0.1) is 0 Å². The molecule has 108 valence electrons. The largest absolute Gasteiger partial charge is 0.330 e. The van der Waals surface area contributed by atoms with Gasteiger partial charge in [0.2, 0.25) is 0 Å². The van der Waals surface area contributed by atoms with Gasteiger partial charge in [0.25, 0.3) is 5.91 Å². The molecule has 2 aromatic carbocycles. The molecule has 0 aliphatic heterocycles. The lowest BCUT2D eigenvalue weighted by atomic mass is 10.2. The first-order valence-corrected chi connectivity index (χ1v) is 8.06. The predicted molar refractivity (Wildman–Crippen MR) is 96.9 cm³/mol. The van der Waals surface area contributed by atoms with Crippen LogP contribution < -0.4 is 10.6 Å². The number of amides is 1. The molecule has 0 bridgehead atoms. The fourth-order valence-electron chi connectivity index (χ4n) is 1.55. The first kappa shape index (κ1) is 16.3. The number of hydrogen-bond acceptors (Lipinski definition) is 2. The number of halogens is 3. The first-order valence-electron chi connectivity index (χ1n) is 5.78. The molecule has 2 aromatic rings. The Morgan fingerprint density at radius 1 is 1.24 bits per heavy atom. The summed E-state index contributed by atoms with van der Waals surface area (Å²) in [7, 11) is 0. The molecular weight excluding hydrogens is 470 g/mol. The summed E-state index contributed by atoms with van der Waals surface area (Å²) in [5, 5.41) is 5.21. The molecule has 0 saturated carbocycles. The summed E-state index contributed by atoms with van der Waals surface area (Å²) in [6, 6.07) is 11.6. The van der Waals surface area contributed by atoms with Crippen LogP contribution >= 0.6 is 50.7 Å². The highest BCUT2D eigenvalue weighted by molar-refractivity contribution is 14.1. The average Bonchev–Trinajstić information content (AvgIpc) is 2.42. The third-order valence-electron chi connectivity index (χ3n) is 2.49. The molecule has 0 aromatic heterocycles. The third-order valence-corrected chi connectivity index (χ3v) is 3.86. The standard InChI is InChI=1S/C14H9BrFIN2OS/c15-9-4-5-12(11(16)7-9)18-14(21)19-13(20)8-2-1-3-10(17)6-8/h1-7H,(H2,18,19,20,21). The van der Waals surface area contributed by atoms with Crippen molar-refractivity contribution in [1.82, 2.24) is 5.32 Å². The summed E-state index contributed by atoms with van der Waals surface area (Å²) in [5.74, 6) is -0.807. The minimum absolute atomic E-state index is 0.0417. The number of nitrogens with one attached hydrogen (secondary N) is 2. The fourth-order valence-corrected chi connectivity index (χ4v) is 2.63. The van der Waals surface area contributed by atoms with Crippen LogP contribution in [-0.2, 0) is 0 Å². The van der Waals surface area contributed by atoms with Gasteiger partial charge in [-0.3, -0.25) is 10.1 Å². The van der Waals surface area contributed by atoms with Crippen molar-refractivity contribution in [1.29, 1.82) is 0 Å². The van der Waals surface area contributed by atoms with Gasteiger partial charge in [0.15, 0.2) is 5.11 Å². The topological polar surface area (TPSA) is 41.1 Å². The van der Waals surface area contributed by atoms with Crippen LogP contribution in [0.2, 0.25) is 0 Å². The van der Waals surface area contributed by atoms with Crippen LogP contribution in [0.25, 0.3) is 0 Å². The minimum atomic E-state index is -0.463. The van der Waals surface area contributed by atoms with Crippen molar-refractivity contribution in [3.05, 3.63) is 61.9 Å². The molecule has 21 heavy (non-hydrogen) atoms. The molecule has 0 atom stereocenters. The van der Waals surface area contributed by atoms with Crippen LogP contribution in [-0.4, -0.2) is 11.0 Å². The van der Waals surface area contributed by atoms with Crippen LogP contribution in [0.15, 0.2) is 46.9 Å². The smallest absolute Gasteiger partial charge is 0.257 e. The lowest BCUT2D eigenvalue weighted by Crippen LogP contribution is -2.34. The summed E-state index contributed by atoms with van der Waals surface area (Å²) in [5.41, 5.74) is 0.688. The lowest BCUT2D eigenvalue weighted by molar-refractivity contribution is 0.0977. The maximum Gasteiger partial charge on any atom is 0.257 e. The fraction of sp³-hybridized carbons (Fsp3) is 0. The van der Waals surface area contributed by atoms with Gasteiger partial charge in [0.1, 0.15) is 5.82 Å². The monoisotopic (exact) mass is 478 g/mol. The summed E-state index contributed by atoms with van der Waals surface area (Å²) >= 11 is 10.3. The molecule has 0 aliphatic rings. The summed E-state index contributed by atoms with van der Waals surface area (Å²) in [6.07, 6.45) is 0. The number of carbonyl (C=O) groups excluding carboxylic acids is 1. The second-order valence-corrected chi connectivity index (χ2v) is 6.61. The quantitative estimate of drug-likeness (QED) is 0.499. The average molecular weight is 479 g/mol. The van der Waals surface area contributed by atoms with E-state index in [-0.39, 0.29) is 16.7 Å². The molecule has 7 heteroatoms. The Kier molecular flexibility index (Phi) is 5.65. The van der Waals surface area contributed by atoms with Gasteiger partial charge in [0.05, 0.1) is 5.69 Å². The molecule has 0 fully saturated rings. The number of hydrogen-bond donors (Lipinski definition) is 2. The normalized spacial score (nSPS) is 10.0. The van der Waals surface area contributed by atoms with E-state index >= 15 is 0 Å². The van der Waals surface area contributed by atoms with Crippen molar-refractivity contribution >= 4 is 67.4 Å². The molecule has 1 amide bonds. The van der Waals surface area contributed by atoms with Gasteiger partial charge in [-0.05, 0) is 71.2 Å². The van der Waals surface area contributed by atoms with E-state index in [4.69, 9.17) is 12.2 Å². The Morgan fingerprint density at radius 2 is 2.00 bits per heavy atom. The molecule has 0 spiro atoms. The highest BCUT2D eigenvalue weighted by Crippen LogP contribution is 2.19. The lowest BCUT2D eigenvalue weighted by Gasteiger charge is -2.10. The first-order chi connectivity index (χ1) is 9.95. The van der Waals surface area contributed by atoms with Crippen molar-refractivity contribution < 1.29 is 9.18 Å². The van der Waals surface area contributed by atoms with E-state index in [9.17, 15) is 9.18 Å². The number of thiocarbonyl (C=S) groups is 1. The number of rotatable bonds is 2. The van der Waals surface area contributed by atoms with E-state index < -0.39 is 5.82 Å². The highest BCUT2D eigenvalue weighted by Gasteiger charge is 2.10. The van der Waals surface area contributed by atoms with E-state index in [1.807, 2.05) is 6.07 Å². The number of carbonyl (C=O) groups is 1. The Hall–Kier alpha value is -1.06. The van der Waals surface area contributed by atoms with Crippen molar-refractivity contribution in [2.75, 3.05) is 5.32 Å². The molecule has 0 unspecified atom stereocenters. The Bertz CT molecular complexity index is 711. The van der Waals surface area contributed by atoms with E-state index in [2.05, 4.69) is 49.2 Å². The summed E-state index contributed by atoms with van der Waals surface area (Å²) < 4.78 is 15.2. The van der Waals surface area contributed by atoms with Crippen LogP contribution in [0.4, 0.5) is 10.1 Å². The number of benzene rings is 2. The van der Waals surface area contributed by atoms with E-state index in [0.717, 1.165) is 3.57 Å². The molecule has 0 radical (unpaired) electrons. The SMILES string of the molecule is O=C(NC(=S)Nc1ccc(Br)cc1F)c1cccc(I)c1. The van der Waals surface area contributed by atoms with Crippen molar-refractivity contribution in [3.63, 3.8) is 0 Å². The molecule has 0 aliphatic carbocycles. The van der Waals surface area contributed by atoms with E-state index in [0.29, 0.717) is 10.0 Å². The van der Waals surface area contributed by atoms with Crippen molar-refractivity contribution in [2.45, 2.75) is 0 Å². The van der Waals surface area contributed by atoms with Gasteiger partial charge >= 0.3 is 0 Å². The van der Waals surface area contributed by atoms with E-state index in [1.54, 1.807) is 24.3 Å². The predicted octanol–water partition coefficient (Wildman–Crippen LogP) is 4.32. The van der Waals surface area contributed by atoms with Gasteiger partial charge < -0.3 is 5.32 Å². The van der Waals surface area contributed by atoms with Crippen LogP contribution in [0.3, 0.4) is 0 Å². The zero-order valence-corrected chi connectivity index (χ0v) is 15.1. The van der Waals surface area contributed by atoms with Gasteiger partial charge in [-0.2, -0.15) is 0 Å². The second-order valence-electron chi connectivity index (χ2n) is 4.04. The molecular formula is C14H9BrFIN2OS. The zero-order chi connectivity index (χ0) is 15.4. The molecule has 2 N–H and O–H groups in total. The molecule has 2 rings (SSSR count). The van der Waals surface area contributed by atoms with Gasteiger partial charge in [-0.25, -0.2) is 4.39 Å². The Morgan fingerprint density at radius 3 is 2.67 bits per heavy atom. The minimum Gasteiger partial charge on any atom is -0.330 e. The Labute approximate surface area is 148 Å². The summed E-state index contributed by atoms with van der Waals surface area (Å²) in [4.78, 5) is 12.0. The van der Waals surface area contributed by atoms with Gasteiger partial charge in [0, 0.05) is 13.6 Å². The van der Waals surface area contributed by atoms with E-state index in [1.165, 1.54) is 12.1 Å². The summed E-state index contributed by atoms with van der Waals surface area (Å²) in [6.45, 7) is 0. The highest BCUT2D eigenvalue weighted by atomic mass is 127. The maximum atomic E-state index is 13.7. The van der Waals surface area contributed by atoms with Crippen LogP contribution in [0.1, 0.15) is 10.4 Å². The molecule has 3 nitrogen and oxygen atoms in total. The molecule has 0 saturated heterocycles. The van der Waals surface area contributed by atoms with Crippen molar-refractivity contribution in [3.8, 4) is 0 Å². The van der Waals surface area contributed by atoms with Crippen LogP contribution in [0.5, 0.6) is 0 Å². The zero-order valence-electron chi connectivity index (χ0n) is 10.5. The van der Waals surface area contributed by atoms with Crippen molar-refractivity contribution in [2.24, 2.45) is 0 Å². The molecule has 0 heterocycles. The van der Waals surface area contributed by atoms with Crippen LogP contribution in [0, 0.1) is 9.39 Å². The van der Waals surface area contributed by atoms with Gasteiger partial charge in [-0.1, -0.05) is 22.0 Å². The third kappa shape index (κ3) is 4.72. The maximum absolute atomic E-state index is 13.7.